The van der Waals surface area contributed by atoms with Crippen LogP contribution in [0.5, 0.6) is 5.75 Å². The Morgan fingerprint density at radius 1 is 1.10 bits per heavy atom. The largest absolute Gasteiger partial charge is 0.496 e. The summed E-state index contributed by atoms with van der Waals surface area (Å²) in [5, 5.41) is 0.675. The molecule has 0 spiro atoms. The molecule has 1 aliphatic heterocycles. The van der Waals surface area contributed by atoms with Gasteiger partial charge in [0.25, 0.3) is 5.91 Å². The predicted molar refractivity (Wildman–Crippen MR) is 118 cm³/mol. The molecule has 30 heavy (non-hydrogen) atoms. The van der Waals surface area contributed by atoms with E-state index in [-0.39, 0.29) is 16.4 Å². The maximum atomic E-state index is 12.9. The molecule has 0 aromatic heterocycles. The van der Waals surface area contributed by atoms with Gasteiger partial charge in [-0.1, -0.05) is 23.7 Å². The Kier molecular flexibility index (Phi) is 7.75. The van der Waals surface area contributed by atoms with Crippen molar-refractivity contribution in [3.05, 3.63) is 58.6 Å². The third kappa shape index (κ3) is 5.74. The lowest BCUT2D eigenvalue weighted by molar-refractivity contribution is 0.0720. The number of sulfonamides is 1. The molecule has 162 valence electrons. The first kappa shape index (κ1) is 22.6. The first-order valence-corrected chi connectivity index (χ1v) is 12.0. The highest BCUT2D eigenvalue weighted by Gasteiger charge is 2.24. The molecule has 6 nitrogen and oxygen atoms in total. The van der Waals surface area contributed by atoms with Crippen LogP contribution in [-0.2, 0) is 16.4 Å². The van der Waals surface area contributed by atoms with E-state index in [4.69, 9.17) is 16.3 Å². The minimum atomic E-state index is -3.73. The summed E-state index contributed by atoms with van der Waals surface area (Å²) in [6.07, 6.45) is 4.41. The van der Waals surface area contributed by atoms with Crippen molar-refractivity contribution in [1.29, 1.82) is 0 Å². The van der Waals surface area contributed by atoms with E-state index in [2.05, 4.69) is 4.72 Å². The maximum Gasteiger partial charge on any atom is 0.257 e. The topological polar surface area (TPSA) is 75.7 Å². The number of carbonyl (C=O) groups is 1. The SMILES string of the molecule is COc1ccc(S(=O)(=O)NCCCc2ccc(Cl)cc2)cc1C(=O)N1CCCCC1. The molecule has 2 aromatic carbocycles. The van der Waals surface area contributed by atoms with Crippen molar-refractivity contribution in [2.75, 3.05) is 26.7 Å². The molecule has 1 aliphatic rings. The lowest BCUT2D eigenvalue weighted by Crippen LogP contribution is -2.36. The number of piperidine rings is 1. The van der Waals surface area contributed by atoms with E-state index in [9.17, 15) is 13.2 Å². The molecule has 1 N–H and O–H groups in total. The molecule has 0 radical (unpaired) electrons. The number of likely N-dealkylation sites (tertiary alicyclic amines) is 1. The van der Waals surface area contributed by atoms with Crippen molar-refractivity contribution in [1.82, 2.24) is 9.62 Å². The fourth-order valence-electron chi connectivity index (χ4n) is 3.52. The number of methoxy groups -OCH3 is 1. The van der Waals surface area contributed by atoms with Crippen LogP contribution in [0.25, 0.3) is 0 Å². The minimum absolute atomic E-state index is 0.0650. The van der Waals surface area contributed by atoms with Gasteiger partial charge >= 0.3 is 0 Å². The molecule has 0 unspecified atom stereocenters. The Balaban J connectivity index is 1.67. The van der Waals surface area contributed by atoms with Crippen LogP contribution in [0.4, 0.5) is 0 Å². The molecule has 0 atom stereocenters. The van der Waals surface area contributed by atoms with Gasteiger partial charge in [0.15, 0.2) is 0 Å². The Labute approximate surface area is 183 Å². The second-order valence-corrected chi connectivity index (χ2v) is 9.55. The Bertz CT molecular complexity index is 971. The highest BCUT2D eigenvalue weighted by molar-refractivity contribution is 7.89. The van der Waals surface area contributed by atoms with Gasteiger partial charge in [-0.05, 0) is 68.0 Å². The van der Waals surface area contributed by atoms with E-state index >= 15 is 0 Å². The molecule has 1 amide bonds. The molecule has 1 saturated heterocycles. The second-order valence-electron chi connectivity index (χ2n) is 7.34. The number of amides is 1. The summed E-state index contributed by atoms with van der Waals surface area (Å²) in [4.78, 5) is 14.7. The van der Waals surface area contributed by atoms with Crippen molar-refractivity contribution >= 4 is 27.5 Å². The monoisotopic (exact) mass is 450 g/mol. The molecule has 0 aliphatic carbocycles. The van der Waals surface area contributed by atoms with Gasteiger partial charge in [0, 0.05) is 24.7 Å². The summed E-state index contributed by atoms with van der Waals surface area (Å²) < 4.78 is 33.4. The average molecular weight is 451 g/mol. The van der Waals surface area contributed by atoms with Crippen LogP contribution in [0.1, 0.15) is 41.6 Å². The first-order valence-electron chi connectivity index (χ1n) is 10.1. The number of hydrogen-bond acceptors (Lipinski definition) is 4. The van der Waals surface area contributed by atoms with Gasteiger partial charge in [-0.3, -0.25) is 4.79 Å². The van der Waals surface area contributed by atoms with Crippen molar-refractivity contribution in [2.24, 2.45) is 0 Å². The number of aryl methyl sites for hydroxylation is 1. The number of nitrogens with one attached hydrogen (secondary N) is 1. The number of nitrogens with zero attached hydrogens (tertiary/aromatic N) is 1. The van der Waals surface area contributed by atoms with E-state index < -0.39 is 10.0 Å². The second kappa shape index (κ2) is 10.3. The number of rotatable bonds is 8. The van der Waals surface area contributed by atoms with E-state index in [1.54, 1.807) is 11.0 Å². The van der Waals surface area contributed by atoms with E-state index in [1.165, 1.54) is 19.2 Å². The van der Waals surface area contributed by atoms with Crippen LogP contribution >= 0.6 is 11.6 Å². The molecule has 1 fully saturated rings. The van der Waals surface area contributed by atoms with Gasteiger partial charge < -0.3 is 9.64 Å². The zero-order chi connectivity index (χ0) is 21.6. The zero-order valence-electron chi connectivity index (χ0n) is 17.1. The van der Waals surface area contributed by atoms with Crippen molar-refractivity contribution in [3.8, 4) is 5.75 Å². The third-order valence-corrected chi connectivity index (χ3v) is 6.91. The summed E-state index contributed by atoms with van der Waals surface area (Å²) in [5.74, 6) is 0.193. The predicted octanol–water partition coefficient (Wildman–Crippen LogP) is 3.89. The number of hydrogen-bond donors (Lipinski definition) is 1. The number of benzene rings is 2. The van der Waals surface area contributed by atoms with Crippen LogP contribution in [0, 0.1) is 0 Å². The molecule has 1 heterocycles. The van der Waals surface area contributed by atoms with Gasteiger partial charge in [0.2, 0.25) is 10.0 Å². The molecule has 8 heteroatoms. The summed E-state index contributed by atoms with van der Waals surface area (Å²) in [6, 6.07) is 11.9. The smallest absolute Gasteiger partial charge is 0.257 e. The van der Waals surface area contributed by atoms with Crippen LogP contribution in [0.2, 0.25) is 5.02 Å². The number of ether oxygens (including phenoxy) is 1. The zero-order valence-corrected chi connectivity index (χ0v) is 18.6. The van der Waals surface area contributed by atoms with Gasteiger partial charge in [-0.2, -0.15) is 0 Å². The fourth-order valence-corrected chi connectivity index (χ4v) is 4.75. The van der Waals surface area contributed by atoms with Crippen LogP contribution in [-0.4, -0.2) is 46.0 Å². The maximum absolute atomic E-state index is 12.9. The molecule has 3 rings (SSSR count). The van der Waals surface area contributed by atoms with Crippen molar-refractivity contribution < 1.29 is 17.9 Å². The normalized spacial score (nSPS) is 14.5. The average Bonchev–Trinajstić information content (AvgIpc) is 2.77. The number of carbonyl (C=O) groups excluding carboxylic acids is 1. The summed E-state index contributed by atoms with van der Waals surface area (Å²) in [7, 11) is -2.25. The molecular weight excluding hydrogens is 424 g/mol. The summed E-state index contributed by atoms with van der Waals surface area (Å²) >= 11 is 5.88. The Morgan fingerprint density at radius 2 is 1.80 bits per heavy atom. The van der Waals surface area contributed by atoms with Crippen molar-refractivity contribution in [3.63, 3.8) is 0 Å². The van der Waals surface area contributed by atoms with Gasteiger partial charge in [0.05, 0.1) is 17.6 Å². The molecule has 2 aromatic rings. The van der Waals surface area contributed by atoms with Crippen LogP contribution < -0.4 is 9.46 Å². The van der Waals surface area contributed by atoms with Gasteiger partial charge in [-0.15, -0.1) is 0 Å². The highest BCUT2D eigenvalue weighted by atomic mass is 35.5. The first-order chi connectivity index (χ1) is 14.4. The minimum Gasteiger partial charge on any atom is -0.496 e. The van der Waals surface area contributed by atoms with E-state index in [1.807, 2.05) is 24.3 Å². The Hall–Kier alpha value is -2.09. The van der Waals surface area contributed by atoms with E-state index in [0.717, 1.165) is 31.2 Å². The summed E-state index contributed by atoms with van der Waals surface area (Å²) in [6.45, 7) is 1.66. The molecule has 0 bridgehead atoms. The number of halogens is 1. The highest BCUT2D eigenvalue weighted by Crippen LogP contribution is 2.25. The van der Waals surface area contributed by atoms with Crippen LogP contribution in [0.15, 0.2) is 47.4 Å². The summed E-state index contributed by atoms with van der Waals surface area (Å²) in [5.41, 5.74) is 1.38. The quantitative estimate of drug-likeness (QED) is 0.619. The standard InChI is InChI=1S/C22H27ClN2O4S/c1-29-21-12-11-19(16-20(21)22(26)25-14-3-2-4-15-25)30(27,28)24-13-5-6-17-7-9-18(23)10-8-17/h7-12,16,24H,2-6,13-15H2,1H3. The lowest BCUT2D eigenvalue weighted by atomic mass is 10.1. The molecular formula is C22H27ClN2O4S. The van der Waals surface area contributed by atoms with Crippen molar-refractivity contribution in [2.45, 2.75) is 37.0 Å². The third-order valence-electron chi connectivity index (χ3n) is 5.20. The molecule has 0 saturated carbocycles. The van der Waals surface area contributed by atoms with Gasteiger partial charge in [-0.25, -0.2) is 13.1 Å². The fraction of sp³-hybridized carbons (Fsp3) is 0.409. The Morgan fingerprint density at radius 3 is 2.47 bits per heavy atom. The lowest BCUT2D eigenvalue weighted by Gasteiger charge is -2.27. The van der Waals surface area contributed by atoms with Crippen LogP contribution in [0.3, 0.4) is 0 Å². The van der Waals surface area contributed by atoms with E-state index in [0.29, 0.717) is 36.8 Å². The van der Waals surface area contributed by atoms with Gasteiger partial charge in [0.1, 0.15) is 5.75 Å².